The predicted molar refractivity (Wildman–Crippen MR) is 52.1 cm³/mol. The Morgan fingerprint density at radius 2 is 2.15 bits per heavy atom. The van der Waals surface area contributed by atoms with E-state index in [9.17, 15) is 0 Å². The number of nitrogens with zero attached hydrogens (tertiary/aromatic N) is 3. The zero-order chi connectivity index (χ0) is 9.42. The number of imidazole rings is 1. The van der Waals surface area contributed by atoms with Crippen molar-refractivity contribution >= 4 is 17.4 Å². The van der Waals surface area contributed by atoms with Gasteiger partial charge < -0.3 is 0 Å². The lowest BCUT2D eigenvalue weighted by Crippen LogP contribution is -2.00. The summed E-state index contributed by atoms with van der Waals surface area (Å²) in [5.74, 6) is 1.08. The number of hydrogen-bond donors (Lipinski definition) is 0. The number of rotatable bonds is 1. The molecular formula is C9H10ClN3. The normalized spacial score (nSPS) is 11.4. The van der Waals surface area contributed by atoms with E-state index in [1.54, 1.807) is 12.4 Å². The highest BCUT2D eigenvalue weighted by atomic mass is 35.5. The average Bonchev–Trinajstić information content (AvgIpc) is 2.48. The van der Waals surface area contributed by atoms with Crippen LogP contribution in [0.15, 0.2) is 18.5 Å². The van der Waals surface area contributed by atoms with E-state index in [0.29, 0.717) is 16.8 Å². The lowest BCUT2D eigenvalue weighted by atomic mass is 10.1. The van der Waals surface area contributed by atoms with Gasteiger partial charge in [-0.2, -0.15) is 0 Å². The summed E-state index contributed by atoms with van der Waals surface area (Å²) in [6, 6.07) is 1.96. The Morgan fingerprint density at radius 1 is 1.38 bits per heavy atom. The average molecular weight is 196 g/mol. The van der Waals surface area contributed by atoms with Crippen LogP contribution in [0.5, 0.6) is 0 Å². The molecule has 2 heterocycles. The van der Waals surface area contributed by atoms with Crippen molar-refractivity contribution in [3.05, 3.63) is 29.3 Å². The quantitative estimate of drug-likeness (QED) is 0.700. The first-order valence-electron chi connectivity index (χ1n) is 4.18. The Balaban J connectivity index is 2.80. The van der Waals surface area contributed by atoms with Crippen molar-refractivity contribution in [1.82, 2.24) is 14.4 Å². The fourth-order valence-electron chi connectivity index (χ4n) is 1.36. The van der Waals surface area contributed by atoms with Crippen LogP contribution in [0.25, 0.3) is 5.78 Å². The van der Waals surface area contributed by atoms with Crippen molar-refractivity contribution in [2.75, 3.05) is 0 Å². The van der Waals surface area contributed by atoms with E-state index < -0.39 is 0 Å². The maximum Gasteiger partial charge on any atom is 0.235 e. The molecule has 68 valence electrons. The van der Waals surface area contributed by atoms with E-state index in [0.717, 1.165) is 5.69 Å². The van der Waals surface area contributed by atoms with Crippen molar-refractivity contribution in [2.24, 2.45) is 0 Å². The molecule has 0 unspecified atom stereocenters. The van der Waals surface area contributed by atoms with Gasteiger partial charge in [-0.15, -0.1) is 0 Å². The summed E-state index contributed by atoms with van der Waals surface area (Å²) >= 11 is 5.98. The Morgan fingerprint density at radius 3 is 2.85 bits per heavy atom. The molecule has 0 atom stereocenters. The molecule has 0 N–H and O–H groups in total. The van der Waals surface area contributed by atoms with Gasteiger partial charge in [0.05, 0.1) is 6.20 Å². The number of fused-ring (bicyclic) bond motifs is 1. The van der Waals surface area contributed by atoms with Gasteiger partial charge >= 0.3 is 0 Å². The van der Waals surface area contributed by atoms with Crippen LogP contribution >= 0.6 is 11.6 Å². The highest BCUT2D eigenvalue weighted by Crippen LogP contribution is 2.19. The first kappa shape index (κ1) is 8.51. The lowest BCUT2D eigenvalue weighted by molar-refractivity contribution is 0.794. The molecule has 0 aliphatic rings. The van der Waals surface area contributed by atoms with Crippen LogP contribution in [0.2, 0.25) is 5.15 Å². The zero-order valence-electron chi connectivity index (χ0n) is 7.53. The van der Waals surface area contributed by atoms with Gasteiger partial charge in [0, 0.05) is 11.9 Å². The lowest BCUT2D eigenvalue weighted by Gasteiger charge is -2.08. The molecule has 2 aromatic heterocycles. The number of halogens is 1. The molecule has 0 saturated carbocycles. The molecule has 0 amide bonds. The molecule has 2 rings (SSSR count). The van der Waals surface area contributed by atoms with Crippen LogP contribution in [0, 0.1) is 0 Å². The van der Waals surface area contributed by atoms with Gasteiger partial charge in [-0.05, 0) is 12.0 Å². The van der Waals surface area contributed by atoms with Crippen molar-refractivity contribution in [2.45, 2.75) is 19.8 Å². The topological polar surface area (TPSA) is 30.2 Å². The Kier molecular flexibility index (Phi) is 1.96. The third kappa shape index (κ3) is 1.29. The summed E-state index contributed by atoms with van der Waals surface area (Å²) in [6.07, 6.45) is 3.38. The minimum Gasteiger partial charge on any atom is -0.271 e. The smallest absolute Gasteiger partial charge is 0.235 e. The van der Waals surface area contributed by atoms with Crippen LogP contribution < -0.4 is 0 Å². The molecule has 0 saturated heterocycles. The van der Waals surface area contributed by atoms with E-state index in [2.05, 4.69) is 23.8 Å². The number of aromatic nitrogens is 3. The SMILES string of the molecule is CC(C)c1ccnc2ncc(Cl)n12. The molecule has 0 aliphatic carbocycles. The van der Waals surface area contributed by atoms with Crippen LogP contribution in [-0.2, 0) is 0 Å². The molecule has 0 spiro atoms. The van der Waals surface area contributed by atoms with Gasteiger partial charge in [0.15, 0.2) is 0 Å². The molecular weight excluding hydrogens is 186 g/mol. The van der Waals surface area contributed by atoms with E-state index in [-0.39, 0.29) is 0 Å². The van der Waals surface area contributed by atoms with Crippen LogP contribution in [0.1, 0.15) is 25.5 Å². The fraction of sp³-hybridized carbons (Fsp3) is 0.333. The first-order chi connectivity index (χ1) is 6.20. The van der Waals surface area contributed by atoms with Crippen molar-refractivity contribution in [3.8, 4) is 0 Å². The molecule has 0 fully saturated rings. The second-order valence-corrected chi connectivity index (χ2v) is 3.63. The Hall–Kier alpha value is -1.09. The molecule has 4 heteroatoms. The van der Waals surface area contributed by atoms with Crippen LogP contribution in [0.4, 0.5) is 0 Å². The molecule has 0 bridgehead atoms. The van der Waals surface area contributed by atoms with Gasteiger partial charge in [0.25, 0.3) is 0 Å². The molecule has 0 aromatic carbocycles. The van der Waals surface area contributed by atoms with E-state index in [4.69, 9.17) is 11.6 Å². The van der Waals surface area contributed by atoms with Gasteiger partial charge in [0.1, 0.15) is 5.15 Å². The van der Waals surface area contributed by atoms with Gasteiger partial charge in [-0.3, -0.25) is 4.40 Å². The molecule has 3 nitrogen and oxygen atoms in total. The standard InChI is InChI=1S/C9H10ClN3/c1-6(2)7-3-4-11-9-12-5-8(10)13(7)9/h3-6H,1-2H3. The summed E-state index contributed by atoms with van der Waals surface area (Å²) in [5, 5.41) is 0.617. The third-order valence-corrected chi connectivity index (χ3v) is 2.25. The highest BCUT2D eigenvalue weighted by molar-refractivity contribution is 6.29. The van der Waals surface area contributed by atoms with Crippen molar-refractivity contribution in [1.29, 1.82) is 0 Å². The van der Waals surface area contributed by atoms with E-state index in [1.165, 1.54) is 0 Å². The summed E-state index contributed by atoms with van der Waals surface area (Å²) in [6.45, 7) is 4.23. The first-order valence-corrected chi connectivity index (χ1v) is 4.56. The van der Waals surface area contributed by atoms with E-state index in [1.807, 2.05) is 10.5 Å². The van der Waals surface area contributed by atoms with Crippen molar-refractivity contribution < 1.29 is 0 Å². The fourth-order valence-corrected chi connectivity index (χ4v) is 1.58. The molecule has 0 radical (unpaired) electrons. The van der Waals surface area contributed by atoms with Crippen LogP contribution in [-0.4, -0.2) is 14.4 Å². The largest absolute Gasteiger partial charge is 0.271 e. The summed E-state index contributed by atoms with van der Waals surface area (Å²) in [4.78, 5) is 8.19. The molecule has 0 aliphatic heterocycles. The van der Waals surface area contributed by atoms with E-state index >= 15 is 0 Å². The summed E-state index contributed by atoms with van der Waals surface area (Å²) < 4.78 is 1.87. The van der Waals surface area contributed by atoms with Crippen molar-refractivity contribution in [3.63, 3.8) is 0 Å². The second-order valence-electron chi connectivity index (χ2n) is 3.24. The molecule has 2 aromatic rings. The van der Waals surface area contributed by atoms with Gasteiger partial charge in [-0.1, -0.05) is 25.4 Å². The maximum atomic E-state index is 5.98. The monoisotopic (exact) mass is 195 g/mol. The summed E-state index contributed by atoms with van der Waals surface area (Å²) in [5.41, 5.74) is 1.13. The minimum absolute atomic E-state index is 0.414. The maximum absolute atomic E-state index is 5.98. The zero-order valence-corrected chi connectivity index (χ0v) is 8.28. The Labute approximate surface area is 81.4 Å². The third-order valence-electron chi connectivity index (χ3n) is 1.99. The number of hydrogen-bond acceptors (Lipinski definition) is 2. The highest BCUT2D eigenvalue weighted by Gasteiger charge is 2.08. The second kappa shape index (κ2) is 3.00. The predicted octanol–water partition coefficient (Wildman–Crippen LogP) is 2.51. The minimum atomic E-state index is 0.414. The van der Waals surface area contributed by atoms with Gasteiger partial charge in [-0.25, -0.2) is 9.97 Å². The summed E-state index contributed by atoms with van der Waals surface area (Å²) in [7, 11) is 0. The Bertz CT molecular complexity index is 433. The van der Waals surface area contributed by atoms with Gasteiger partial charge in [0.2, 0.25) is 5.78 Å². The molecule has 13 heavy (non-hydrogen) atoms. The van der Waals surface area contributed by atoms with Crippen LogP contribution in [0.3, 0.4) is 0 Å².